The van der Waals surface area contributed by atoms with E-state index in [1.807, 2.05) is 0 Å². The Hall–Kier alpha value is -4.41. The van der Waals surface area contributed by atoms with E-state index >= 15 is 0 Å². The molecule has 0 radical (unpaired) electrons. The van der Waals surface area contributed by atoms with Gasteiger partial charge in [0, 0.05) is 13.8 Å². The number of imidazole rings is 2. The molecule has 0 aliphatic heterocycles. The summed E-state index contributed by atoms with van der Waals surface area (Å²) in [5.41, 5.74) is 0. The molecule has 17 nitrogen and oxygen atoms in total. The van der Waals surface area contributed by atoms with Crippen LogP contribution in [0.1, 0.15) is 11.6 Å². The number of carbonyl (C=O) groups excluding carboxylic acids is 3. The Kier molecular flexibility index (Phi) is 9.96. The van der Waals surface area contributed by atoms with Crippen LogP contribution in [-0.4, -0.2) is 91.7 Å². The molecule has 0 unspecified atom stereocenters. The van der Waals surface area contributed by atoms with Gasteiger partial charge in [0.15, 0.2) is 11.6 Å². The van der Waals surface area contributed by atoms with Crippen molar-refractivity contribution in [2.24, 2.45) is 0 Å². The van der Waals surface area contributed by atoms with E-state index in [1.165, 1.54) is 9.13 Å². The number of esters is 3. The van der Waals surface area contributed by atoms with Crippen LogP contribution in [0.4, 0.5) is 11.6 Å². The maximum Gasteiger partial charge on any atom is 0.342 e. The van der Waals surface area contributed by atoms with E-state index in [0.717, 1.165) is 24.4 Å². The standard InChI is InChI=1S/C19H25N7O10/c1-13-20-8-15(25(30)31)23(13)4-6-35-18(28)11-22(10-17(27)34-3)12-19(29)36-7-5-24-14(2)21-9-16(24)26(32)33/h8-9H,4-7,10-12H2,1-3H3. The summed E-state index contributed by atoms with van der Waals surface area (Å²) in [7, 11) is 1.14. The molecule has 2 aromatic heterocycles. The second-order valence-electron chi connectivity index (χ2n) is 7.31. The fraction of sp³-hybridized carbons (Fsp3) is 0.526. The second-order valence-corrected chi connectivity index (χ2v) is 7.31. The number of hydrogen-bond donors (Lipinski definition) is 0. The molecule has 0 aromatic carbocycles. The lowest BCUT2D eigenvalue weighted by molar-refractivity contribution is -0.392. The highest BCUT2D eigenvalue weighted by Gasteiger charge is 2.22. The Labute approximate surface area is 203 Å². The van der Waals surface area contributed by atoms with Gasteiger partial charge in [0.1, 0.15) is 38.7 Å². The molecule has 0 aliphatic carbocycles. The zero-order valence-electron chi connectivity index (χ0n) is 19.8. The third kappa shape index (κ3) is 7.83. The number of aromatic nitrogens is 4. The highest BCUT2D eigenvalue weighted by atomic mass is 16.6. The zero-order valence-corrected chi connectivity index (χ0v) is 19.8. The summed E-state index contributed by atoms with van der Waals surface area (Å²) in [4.78, 5) is 65.8. The molecule has 36 heavy (non-hydrogen) atoms. The predicted octanol–water partition coefficient (Wildman–Crippen LogP) is -0.226. The lowest BCUT2D eigenvalue weighted by Gasteiger charge is -2.19. The van der Waals surface area contributed by atoms with Crippen molar-refractivity contribution in [2.45, 2.75) is 26.9 Å². The van der Waals surface area contributed by atoms with Crippen LogP contribution in [0.2, 0.25) is 0 Å². The summed E-state index contributed by atoms with van der Waals surface area (Å²) in [6.07, 6.45) is 2.18. The topological polar surface area (TPSA) is 204 Å². The van der Waals surface area contributed by atoms with Crippen LogP contribution < -0.4 is 0 Å². The van der Waals surface area contributed by atoms with Crippen molar-refractivity contribution < 1.29 is 38.4 Å². The Morgan fingerprint density at radius 2 is 1.22 bits per heavy atom. The molecule has 0 aliphatic rings. The molecular weight excluding hydrogens is 486 g/mol. The van der Waals surface area contributed by atoms with Crippen LogP contribution in [0.3, 0.4) is 0 Å². The molecular formula is C19H25N7O10. The van der Waals surface area contributed by atoms with Crippen LogP contribution >= 0.6 is 0 Å². The minimum absolute atomic E-state index is 0.0211. The molecule has 0 atom stereocenters. The summed E-state index contributed by atoms with van der Waals surface area (Å²) >= 11 is 0. The van der Waals surface area contributed by atoms with Crippen LogP contribution in [0.5, 0.6) is 0 Å². The van der Waals surface area contributed by atoms with Gasteiger partial charge in [-0.3, -0.25) is 19.3 Å². The van der Waals surface area contributed by atoms with Gasteiger partial charge in [-0.25, -0.2) is 19.1 Å². The monoisotopic (exact) mass is 511 g/mol. The van der Waals surface area contributed by atoms with E-state index in [1.54, 1.807) is 13.8 Å². The third-order valence-electron chi connectivity index (χ3n) is 4.88. The van der Waals surface area contributed by atoms with Gasteiger partial charge in [-0.2, -0.15) is 0 Å². The smallest absolute Gasteiger partial charge is 0.342 e. The van der Waals surface area contributed by atoms with Crippen molar-refractivity contribution >= 4 is 29.5 Å². The summed E-state index contributed by atoms with van der Waals surface area (Å²) in [5, 5.41) is 22.0. The highest BCUT2D eigenvalue weighted by molar-refractivity contribution is 5.78. The summed E-state index contributed by atoms with van der Waals surface area (Å²) < 4.78 is 17.3. The van der Waals surface area contributed by atoms with Crippen molar-refractivity contribution in [1.29, 1.82) is 0 Å². The lowest BCUT2D eigenvalue weighted by Crippen LogP contribution is -2.40. The second kappa shape index (κ2) is 12.9. The minimum Gasteiger partial charge on any atom is -0.468 e. The van der Waals surface area contributed by atoms with Crippen molar-refractivity contribution in [2.75, 3.05) is 40.0 Å². The first-order chi connectivity index (χ1) is 17.0. The van der Waals surface area contributed by atoms with Crippen LogP contribution in [0.25, 0.3) is 0 Å². The first-order valence-electron chi connectivity index (χ1n) is 10.5. The number of methoxy groups -OCH3 is 1. The van der Waals surface area contributed by atoms with E-state index in [4.69, 9.17) is 9.47 Å². The molecule has 2 aromatic rings. The molecule has 0 bridgehead atoms. The fourth-order valence-electron chi connectivity index (χ4n) is 3.13. The third-order valence-corrected chi connectivity index (χ3v) is 4.88. The van der Waals surface area contributed by atoms with Gasteiger partial charge in [0.05, 0.1) is 26.7 Å². The van der Waals surface area contributed by atoms with E-state index < -0.39 is 47.4 Å². The van der Waals surface area contributed by atoms with Crippen molar-refractivity contribution in [1.82, 2.24) is 24.0 Å². The first kappa shape index (κ1) is 27.8. The first-order valence-corrected chi connectivity index (χ1v) is 10.5. The van der Waals surface area contributed by atoms with E-state index in [-0.39, 0.29) is 37.9 Å². The largest absolute Gasteiger partial charge is 0.468 e. The van der Waals surface area contributed by atoms with Gasteiger partial charge >= 0.3 is 29.5 Å². The van der Waals surface area contributed by atoms with Crippen LogP contribution in [0, 0.1) is 34.1 Å². The van der Waals surface area contributed by atoms with Gasteiger partial charge in [-0.1, -0.05) is 0 Å². The lowest BCUT2D eigenvalue weighted by atomic mass is 10.4. The summed E-state index contributed by atoms with van der Waals surface area (Å²) in [6, 6.07) is 0. The molecule has 2 heterocycles. The average molecular weight is 511 g/mol. The van der Waals surface area contributed by atoms with Crippen molar-refractivity contribution in [3.05, 3.63) is 44.3 Å². The van der Waals surface area contributed by atoms with Gasteiger partial charge in [0.25, 0.3) is 0 Å². The van der Waals surface area contributed by atoms with Crippen molar-refractivity contribution in [3.63, 3.8) is 0 Å². The molecule has 0 saturated heterocycles. The minimum atomic E-state index is -0.795. The van der Waals surface area contributed by atoms with Crippen LogP contribution in [-0.2, 0) is 41.7 Å². The molecule has 17 heteroatoms. The average Bonchev–Trinajstić information content (AvgIpc) is 3.36. The van der Waals surface area contributed by atoms with Gasteiger partial charge < -0.3 is 34.4 Å². The summed E-state index contributed by atoms with van der Waals surface area (Å²) in [6.45, 7) is 1.30. The Morgan fingerprint density at radius 1 is 0.833 bits per heavy atom. The number of ether oxygens (including phenoxy) is 3. The van der Waals surface area contributed by atoms with E-state index in [0.29, 0.717) is 11.6 Å². The summed E-state index contributed by atoms with van der Waals surface area (Å²) in [5.74, 6) is -2.09. The normalized spacial score (nSPS) is 10.8. The van der Waals surface area contributed by atoms with E-state index in [9.17, 15) is 34.6 Å². The van der Waals surface area contributed by atoms with Gasteiger partial charge in [-0.05, 0) is 9.85 Å². The van der Waals surface area contributed by atoms with Crippen LogP contribution in [0.15, 0.2) is 12.4 Å². The molecule has 0 spiro atoms. The maximum absolute atomic E-state index is 12.2. The molecule has 2 rings (SSSR count). The van der Waals surface area contributed by atoms with Gasteiger partial charge in [-0.15, -0.1) is 0 Å². The fourth-order valence-corrected chi connectivity index (χ4v) is 3.13. The molecule has 0 saturated carbocycles. The number of rotatable bonds is 14. The molecule has 0 amide bonds. The molecule has 0 fully saturated rings. The maximum atomic E-state index is 12.2. The number of hydrogen-bond acceptors (Lipinski definition) is 13. The Bertz CT molecular complexity index is 1050. The number of nitrogens with zero attached hydrogens (tertiary/aromatic N) is 7. The molecule has 196 valence electrons. The predicted molar refractivity (Wildman–Crippen MR) is 118 cm³/mol. The Balaban J connectivity index is 1.88. The highest BCUT2D eigenvalue weighted by Crippen LogP contribution is 2.14. The molecule has 0 N–H and O–H groups in total. The Morgan fingerprint density at radius 3 is 1.58 bits per heavy atom. The quantitative estimate of drug-likeness (QED) is 0.139. The number of aryl methyl sites for hydroxylation is 2. The van der Waals surface area contributed by atoms with E-state index in [2.05, 4.69) is 14.7 Å². The number of carbonyl (C=O) groups is 3. The zero-order chi connectivity index (χ0) is 26.8. The van der Waals surface area contributed by atoms with Gasteiger partial charge in [0.2, 0.25) is 0 Å². The van der Waals surface area contributed by atoms with Crippen molar-refractivity contribution in [3.8, 4) is 0 Å². The SMILES string of the molecule is COC(=O)CN(CC(=O)OCCn1c([N+](=O)[O-])cnc1C)CC(=O)OCCn1c([N+](=O)[O-])cnc1C. The number of nitro groups is 2.